The van der Waals surface area contributed by atoms with E-state index in [2.05, 4.69) is 35.9 Å². The van der Waals surface area contributed by atoms with Crippen LogP contribution >= 0.6 is 22.9 Å². The molecule has 3 heterocycles. The number of aryl methyl sites for hydroxylation is 1. The van der Waals surface area contributed by atoms with Crippen molar-refractivity contribution in [2.45, 2.75) is 19.1 Å². The predicted octanol–water partition coefficient (Wildman–Crippen LogP) is 3.63. The highest BCUT2D eigenvalue weighted by Gasteiger charge is 2.33. The van der Waals surface area contributed by atoms with E-state index in [-0.39, 0.29) is 21.8 Å². The zero-order valence-corrected chi connectivity index (χ0v) is 19.0. The van der Waals surface area contributed by atoms with Gasteiger partial charge in [-0.2, -0.15) is 13.2 Å². The molecule has 4 rings (SSSR count). The smallest absolute Gasteiger partial charge is 0.342 e. The molecule has 3 aromatic heterocycles. The molecular weight excluding hydrogens is 497 g/mol. The quantitative estimate of drug-likeness (QED) is 0.419. The summed E-state index contributed by atoms with van der Waals surface area (Å²) in [4.78, 5) is 37.5. The number of rotatable bonds is 5. The molecule has 15 heteroatoms. The number of fused-ring (bicyclic) bond motifs is 1. The Morgan fingerprint density at radius 2 is 1.94 bits per heavy atom. The van der Waals surface area contributed by atoms with Crippen molar-refractivity contribution in [3.05, 3.63) is 56.9 Å². The molecule has 1 aromatic carbocycles. The summed E-state index contributed by atoms with van der Waals surface area (Å²) in [5.41, 5.74) is -0.234. The van der Waals surface area contributed by atoms with Gasteiger partial charge in [-0.15, -0.1) is 16.4 Å². The lowest BCUT2D eigenvalue weighted by molar-refractivity contribution is -0.137. The lowest BCUT2D eigenvalue weighted by Crippen LogP contribution is -2.27. The zero-order chi connectivity index (χ0) is 24.6. The highest BCUT2D eigenvalue weighted by atomic mass is 35.5. The second-order valence-corrected chi connectivity index (χ2v) is 8.48. The van der Waals surface area contributed by atoms with Crippen LogP contribution in [0.3, 0.4) is 0 Å². The van der Waals surface area contributed by atoms with Gasteiger partial charge in [0.2, 0.25) is 0 Å². The largest absolute Gasteiger partial charge is 0.417 e. The zero-order valence-electron chi connectivity index (χ0n) is 17.4. The molecule has 0 aliphatic heterocycles. The van der Waals surface area contributed by atoms with E-state index in [9.17, 15) is 22.8 Å². The molecular formula is C19H14ClF3N8O2S. The fourth-order valence-corrected chi connectivity index (χ4v) is 4.06. The first-order valence-corrected chi connectivity index (χ1v) is 10.7. The highest BCUT2D eigenvalue weighted by Crippen LogP contribution is 2.36. The van der Waals surface area contributed by atoms with Crippen molar-refractivity contribution >= 4 is 51.6 Å². The van der Waals surface area contributed by atoms with Gasteiger partial charge in [0.1, 0.15) is 16.2 Å². The van der Waals surface area contributed by atoms with E-state index in [4.69, 9.17) is 11.6 Å². The van der Waals surface area contributed by atoms with Gasteiger partial charge in [0.15, 0.2) is 16.9 Å². The Balaban J connectivity index is 1.44. The summed E-state index contributed by atoms with van der Waals surface area (Å²) >= 11 is 6.70. The second-order valence-electron chi connectivity index (χ2n) is 7.01. The Kier molecular flexibility index (Phi) is 6.18. The number of benzene rings is 1. The molecule has 0 saturated carbocycles. The topological polar surface area (TPSA) is 128 Å². The van der Waals surface area contributed by atoms with Gasteiger partial charge in [0, 0.05) is 12.7 Å². The molecule has 2 N–H and O–H groups in total. The molecule has 34 heavy (non-hydrogen) atoms. The fourth-order valence-electron chi connectivity index (χ4n) is 2.95. The molecule has 0 spiro atoms. The van der Waals surface area contributed by atoms with Gasteiger partial charge in [-0.25, -0.2) is 19.6 Å². The molecule has 0 bridgehead atoms. The van der Waals surface area contributed by atoms with Gasteiger partial charge in [-0.3, -0.25) is 9.59 Å². The van der Waals surface area contributed by atoms with Gasteiger partial charge in [0.05, 0.1) is 22.8 Å². The Morgan fingerprint density at radius 1 is 1.18 bits per heavy atom. The maximum Gasteiger partial charge on any atom is 0.417 e. The van der Waals surface area contributed by atoms with Crippen LogP contribution in [0.4, 0.5) is 18.9 Å². The molecule has 2 amide bonds. The summed E-state index contributed by atoms with van der Waals surface area (Å²) in [6, 6.07) is 2.32. The van der Waals surface area contributed by atoms with E-state index < -0.39 is 34.6 Å². The summed E-state index contributed by atoms with van der Waals surface area (Å²) < 4.78 is 39.9. The summed E-state index contributed by atoms with van der Waals surface area (Å²) in [5.74, 6) is -1.11. The average Bonchev–Trinajstić information content (AvgIpc) is 3.40. The lowest BCUT2D eigenvalue weighted by atomic mass is 10.2. The van der Waals surface area contributed by atoms with Crippen molar-refractivity contribution in [1.82, 2.24) is 35.3 Å². The number of hydrogen-bond donors (Lipinski definition) is 2. The van der Waals surface area contributed by atoms with E-state index in [0.29, 0.717) is 10.7 Å². The summed E-state index contributed by atoms with van der Waals surface area (Å²) in [6.07, 6.45) is -2.07. The monoisotopic (exact) mass is 510 g/mol. The standard InChI is InChI=1S/C19H14ClF3N8O2S/c1-8(27-17(33)14-13-15(26-7-25-14)31(2)30-29-13)18-24-6-12(34-18)16(32)28-9-3-4-10(11(20)5-9)19(21,22)23/h3-8H,1-2H3,(H,27,33)(H,28,32). The van der Waals surface area contributed by atoms with Crippen molar-refractivity contribution in [3.63, 3.8) is 0 Å². The van der Waals surface area contributed by atoms with E-state index in [1.54, 1.807) is 14.0 Å². The molecule has 0 fully saturated rings. The van der Waals surface area contributed by atoms with Gasteiger partial charge in [-0.1, -0.05) is 16.8 Å². The Hall–Kier alpha value is -3.65. The van der Waals surface area contributed by atoms with Crippen LogP contribution < -0.4 is 10.6 Å². The number of alkyl halides is 3. The molecule has 0 aliphatic rings. The van der Waals surface area contributed by atoms with Crippen LogP contribution in [0, 0.1) is 0 Å². The van der Waals surface area contributed by atoms with Crippen molar-refractivity contribution in [3.8, 4) is 0 Å². The first-order valence-electron chi connectivity index (χ1n) is 9.49. The average molecular weight is 511 g/mol. The van der Waals surface area contributed by atoms with Crippen LogP contribution in [-0.4, -0.2) is 41.8 Å². The van der Waals surface area contributed by atoms with Gasteiger partial charge < -0.3 is 10.6 Å². The summed E-state index contributed by atoms with van der Waals surface area (Å²) in [7, 11) is 1.63. The first-order chi connectivity index (χ1) is 16.0. The number of anilines is 1. The van der Waals surface area contributed by atoms with E-state index in [1.165, 1.54) is 17.2 Å². The third-order valence-electron chi connectivity index (χ3n) is 4.60. The number of carbonyl (C=O) groups excluding carboxylic acids is 2. The van der Waals surface area contributed by atoms with Gasteiger partial charge in [-0.05, 0) is 25.1 Å². The number of nitrogens with one attached hydrogen (secondary N) is 2. The van der Waals surface area contributed by atoms with Crippen molar-refractivity contribution in [2.24, 2.45) is 7.05 Å². The van der Waals surface area contributed by atoms with Crippen LogP contribution in [0.1, 0.15) is 43.7 Å². The second kappa shape index (κ2) is 8.95. The minimum atomic E-state index is -4.60. The summed E-state index contributed by atoms with van der Waals surface area (Å²) in [5, 5.41) is 12.8. The predicted molar refractivity (Wildman–Crippen MR) is 117 cm³/mol. The number of hydrogen-bond acceptors (Lipinski definition) is 8. The number of thiazole rings is 1. The fraction of sp³-hybridized carbons (Fsp3) is 0.211. The maximum atomic E-state index is 12.8. The highest BCUT2D eigenvalue weighted by molar-refractivity contribution is 7.13. The third-order valence-corrected chi connectivity index (χ3v) is 6.09. The lowest BCUT2D eigenvalue weighted by Gasteiger charge is -2.11. The Labute approximate surface area is 198 Å². The van der Waals surface area contributed by atoms with Crippen molar-refractivity contribution in [1.29, 1.82) is 0 Å². The molecule has 10 nitrogen and oxygen atoms in total. The minimum absolute atomic E-state index is 0.0404. The van der Waals surface area contributed by atoms with E-state index in [0.717, 1.165) is 29.5 Å². The molecule has 1 unspecified atom stereocenters. The summed E-state index contributed by atoms with van der Waals surface area (Å²) in [6.45, 7) is 1.67. The molecule has 0 aliphatic carbocycles. The minimum Gasteiger partial charge on any atom is -0.342 e. The number of aromatic nitrogens is 6. The Morgan fingerprint density at radius 3 is 2.65 bits per heavy atom. The Bertz CT molecular complexity index is 1400. The van der Waals surface area contributed by atoms with Crippen LogP contribution in [0.15, 0.2) is 30.7 Å². The van der Waals surface area contributed by atoms with Gasteiger partial charge >= 0.3 is 6.18 Å². The molecule has 0 radical (unpaired) electrons. The van der Waals surface area contributed by atoms with Crippen LogP contribution in [0.25, 0.3) is 11.2 Å². The van der Waals surface area contributed by atoms with Gasteiger partial charge in [0.25, 0.3) is 11.8 Å². The molecule has 4 aromatic rings. The molecule has 176 valence electrons. The molecule has 1 atom stereocenters. The van der Waals surface area contributed by atoms with E-state index >= 15 is 0 Å². The number of carbonyl (C=O) groups is 2. The van der Waals surface area contributed by atoms with Crippen LogP contribution in [0.5, 0.6) is 0 Å². The number of amides is 2. The third kappa shape index (κ3) is 4.68. The first kappa shape index (κ1) is 23.5. The van der Waals surface area contributed by atoms with E-state index in [1.807, 2.05) is 0 Å². The number of halogens is 4. The SMILES string of the molecule is CC(NC(=O)c1ncnc2c1nnn2C)c1ncc(C(=O)Nc2ccc(C(F)(F)F)c(Cl)c2)s1. The van der Waals surface area contributed by atoms with Crippen LogP contribution in [0.2, 0.25) is 5.02 Å². The van der Waals surface area contributed by atoms with Crippen molar-refractivity contribution < 1.29 is 22.8 Å². The number of nitrogens with zero attached hydrogens (tertiary/aromatic N) is 6. The normalized spacial score (nSPS) is 12.5. The molecule has 0 saturated heterocycles. The maximum absolute atomic E-state index is 12.8. The van der Waals surface area contributed by atoms with Crippen LogP contribution in [-0.2, 0) is 13.2 Å². The van der Waals surface area contributed by atoms with Crippen molar-refractivity contribution in [2.75, 3.05) is 5.32 Å².